The second-order valence-electron chi connectivity index (χ2n) is 8.64. The van der Waals surface area contributed by atoms with Crippen LogP contribution >= 0.6 is 0 Å². The van der Waals surface area contributed by atoms with Gasteiger partial charge < -0.3 is 19.9 Å². The molecule has 5 rings (SSSR count). The normalized spacial score (nSPS) is 13.8. The highest BCUT2D eigenvalue weighted by molar-refractivity contribution is 7.90. The molecule has 9 heteroatoms. The van der Waals surface area contributed by atoms with E-state index in [4.69, 9.17) is 4.74 Å². The van der Waals surface area contributed by atoms with Crippen LogP contribution in [0, 0.1) is 0 Å². The van der Waals surface area contributed by atoms with Gasteiger partial charge >= 0.3 is 0 Å². The monoisotopic (exact) mass is 490 g/mol. The largest absolute Gasteiger partial charge is 0.491 e. The van der Waals surface area contributed by atoms with Crippen LogP contribution < -0.4 is 10.1 Å². The zero-order valence-corrected chi connectivity index (χ0v) is 20.4. The molecule has 1 aromatic heterocycles. The maximum atomic E-state index is 13.2. The van der Waals surface area contributed by atoms with Crippen molar-refractivity contribution in [1.82, 2.24) is 20.2 Å². The van der Waals surface area contributed by atoms with Crippen molar-refractivity contribution in [3.8, 4) is 16.9 Å². The molecule has 2 heterocycles. The van der Waals surface area contributed by atoms with E-state index in [1.165, 1.54) is 12.1 Å². The van der Waals surface area contributed by atoms with Gasteiger partial charge in [-0.15, -0.1) is 0 Å². The van der Waals surface area contributed by atoms with Crippen LogP contribution in [0.1, 0.15) is 21.7 Å². The van der Waals surface area contributed by atoms with Gasteiger partial charge in [-0.2, -0.15) is 0 Å². The molecule has 1 aliphatic rings. The molecule has 3 aromatic carbocycles. The van der Waals surface area contributed by atoms with Crippen LogP contribution in [0.2, 0.25) is 0 Å². The van der Waals surface area contributed by atoms with Crippen molar-refractivity contribution in [2.24, 2.45) is 0 Å². The van der Waals surface area contributed by atoms with Gasteiger partial charge in [-0.25, -0.2) is 13.4 Å². The van der Waals surface area contributed by atoms with Crippen LogP contribution in [0.15, 0.2) is 65.6 Å². The number of carbonyl (C=O) groups excluding carboxylic acids is 1. The Balaban J connectivity index is 1.41. The van der Waals surface area contributed by atoms with Crippen molar-refractivity contribution < 1.29 is 17.9 Å². The standard InChI is InChI=1S/C26H26N4O4S/c1-27-15-25-28-22-9-5-19(14-23(22)29-25)18-6-10-24-20(13-18)16-30(11-12-34-24)26(31)17-3-7-21(8-4-17)35(2,32)33/h3-10,13-14,27H,11-12,15-16H2,1-2H3,(H,28,29). The second-order valence-corrected chi connectivity index (χ2v) is 10.7. The van der Waals surface area contributed by atoms with E-state index in [2.05, 4.69) is 27.4 Å². The molecular formula is C26H26N4O4S. The zero-order chi connectivity index (χ0) is 24.6. The molecule has 35 heavy (non-hydrogen) atoms. The van der Waals surface area contributed by atoms with E-state index in [1.54, 1.807) is 17.0 Å². The van der Waals surface area contributed by atoms with Crippen LogP contribution in [0.3, 0.4) is 0 Å². The third kappa shape index (κ3) is 4.78. The van der Waals surface area contributed by atoms with Crippen molar-refractivity contribution in [2.45, 2.75) is 18.0 Å². The Kier molecular flexibility index (Phi) is 6.04. The zero-order valence-electron chi connectivity index (χ0n) is 19.5. The number of H-pyrrole nitrogens is 1. The van der Waals surface area contributed by atoms with E-state index >= 15 is 0 Å². The third-order valence-corrected chi connectivity index (χ3v) is 7.19. The number of nitrogens with zero attached hydrogens (tertiary/aromatic N) is 2. The fourth-order valence-electron chi connectivity index (χ4n) is 4.27. The second kappa shape index (κ2) is 9.16. The summed E-state index contributed by atoms with van der Waals surface area (Å²) >= 11 is 0. The first-order valence-electron chi connectivity index (χ1n) is 11.3. The van der Waals surface area contributed by atoms with Crippen molar-refractivity contribution >= 4 is 26.8 Å². The van der Waals surface area contributed by atoms with E-state index in [-0.39, 0.29) is 10.8 Å². The molecule has 2 N–H and O–H groups in total. The lowest BCUT2D eigenvalue weighted by Crippen LogP contribution is -2.32. The van der Waals surface area contributed by atoms with Gasteiger partial charge in [-0.1, -0.05) is 12.1 Å². The lowest BCUT2D eigenvalue weighted by atomic mass is 10.0. The summed E-state index contributed by atoms with van der Waals surface area (Å²) in [6, 6.07) is 18.2. The van der Waals surface area contributed by atoms with Gasteiger partial charge in [0.05, 0.1) is 29.0 Å². The van der Waals surface area contributed by atoms with Crippen LogP contribution in [0.25, 0.3) is 22.2 Å². The number of benzene rings is 3. The summed E-state index contributed by atoms with van der Waals surface area (Å²) < 4.78 is 29.4. The molecule has 1 aliphatic heterocycles. The summed E-state index contributed by atoms with van der Waals surface area (Å²) in [5, 5.41) is 3.10. The first kappa shape index (κ1) is 23.1. The van der Waals surface area contributed by atoms with E-state index in [9.17, 15) is 13.2 Å². The molecule has 0 fully saturated rings. The fourth-order valence-corrected chi connectivity index (χ4v) is 4.90. The maximum Gasteiger partial charge on any atom is 0.254 e. The summed E-state index contributed by atoms with van der Waals surface area (Å²) in [6.45, 7) is 1.88. The number of fused-ring (bicyclic) bond motifs is 2. The molecule has 0 aliphatic carbocycles. The summed E-state index contributed by atoms with van der Waals surface area (Å²) in [4.78, 5) is 23.0. The molecular weight excluding hydrogens is 464 g/mol. The lowest BCUT2D eigenvalue weighted by molar-refractivity contribution is 0.0733. The Morgan fingerprint density at radius 1 is 1.09 bits per heavy atom. The number of nitrogens with one attached hydrogen (secondary N) is 2. The Labute approximate surface area is 203 Å². The van der Waals surface area contributed by atoms with Crippen LogP contribution in [0.5, 0.6) is 5.75 Å². The van der Waals surface area contributed by atoms with Crippen LogP contribution in [-0.2, 0) is 22.9 Å². The number of sulfone groups is 1. The van der Waals surface area contributed by atoms with Crippen LogP contribution in [0.4, 0.5) is 0 Å². The molecule has 4 aromatic rings. The molecule has 0 unspecified atom stereocenters. The number of carbonyl (C=O) groups is 1. The van der Waals surface area contributed by atoms with Gasteiger partial charge in [-0.05, 0) is 66.7 Å². The van der Waals surface area contributed by atoms with Crippen LogP contribution in [-0.4, -0.2) is 55.6 Å². The maximum absolute atomic E-state index is 13.2. The summed E-state index contributed by atoms with van der Waals surface area (Å²) in [5.74, 6) is 1.48. The Morgan fingerprint density at radius 3 is 2.57 bits per heavy atom. The van der Waals surface area contributed by atoms with Crippen molar-refractivity contribution in [2.75, 3.05) is 26.5 Å². The minimum absolute atomic E-state index is 0.164. The molecule has 0 spiro atoms. The van der Waals surface area contributed by atoms with E-state index in [0.717, 1.165) is 45.6 Å². The smallest absolute Gasteiger partial charge is 0.254 e. The minimum atomic E-state index is -3.32. The summed E-state index contributed by atoms with van der Waals surface area (Å²) in [7, 11) is -1.43. The van der Waals surface area contributed by atoms with Crippen molar-refractivity contribution in [3.05, 3.63) is 77.6 Å². The van der Waals surface area contributed by atoms with E-state index < -0.39 is 9.84 Å². The number of hydrogen-bond donors (Lipinski definition) is 2. The highest BCUT2D eigenvalue weighted by atomic mass is 32.2. The minimum Gasteiger partial charge on any atom is -0.491 e. The van der Waals surface area contributed by atoms with Crippen molar-refractivity contribution in [3.63, 3.8) is 0 Å². The fraction of sp³-hybridized carbons (Fsp3) is 0.231. The molecule has 0 saturated carbocycles. The van der Waals surface area contributed by atoms with Gasteiger partial charge in [0.15, 0.2) is 9.84 Å². The predicted octanol–water partition coefficient (Wildman–Crippen LogP) is 3.39. The quantitative estimate of drug-likeness (QED) is 0.444. The molecule has 0 atom stereocenters. The molecule has 0 bridgehead atoms. The van der Waals surface area contributed by atoms with Crippen molar-refractivity contribution in [1.29, 1.82) is 0 Å². The SMILES string of the molecule is CNCc1nc2ccc(-c3ccc4c(c3)CN(C(=O)c3ccc(S(C)(=O)=O)cc3)CCO4)cc2[nH]1. The molecule has 0 radical (unpaired) electrons. The number of hydrogen-bond acceptors (Lipinski definition) is 6. The Hall–Kier alpha value is -3.69. The number of imidazole rings is 1. The van der Waals surface area contributed by atoms with Gasteiger partial charge in [0.1, 0.15) is 18.2 Å². The lowest BCUT2D eigenvalue weighted by Gasteiger charge is -2.20. The molecule has 0 saturated heterocycles. The number of aromatic amines is 1. The highest BCUT2D eigenvalue weighted by Crippen LogP contribution is 2.31. The topological polar surface area (TPSA) is 104 Å². The van der Waals surface area contributed by atoms with Gasteiger partial charge in [0, 0.05) is 23.9 Å². The molecule has 180 valence electrons. The Morgan fingerprint density at radius 2 is 1.83 bits per heavy atom. The first-order valence-corrected chi connectivity index (χ1v) is 13.2. The summed E-state index contributed by atoms with van der Waals surface area (Å²) in [5.41, 5.74) is 5.30. The number of ether oxygens (including phenoxy) is 1. The highest BCUT2D eigenvalue weighted by Gasteiger charge is 2.22. The molecule has 8 nitrogen and oxygen atoms in total. The van der Waals surface area contributed by atoms with Gasteiger partial charge in [0.2, 0.25) is 0 Å². The summed E-state index contributed by atoms with van der Waals surface area (Å²) in [6.07, 6.45) is 1.15. The van der Waals surface area contributed by atoms with Gasteiger partial charge in [0.25, 0.3) is 5.91 Å². The number of amides is 1. The molecule has 1 amide bonds. The van der Waals surface area contributed by atoms with Gasteiger partial charge in [-0.3, -0.25) is 4.79 Å². The van der Waals surface area contributed by atoms with E-state index in [0.29, 0.717) is 31.8 Å². The average Bonchev–Trinajstić information content (AvgIpc) is 3.12. The number of aromatic nitrogens is 2. The third-order valence-electron chi connectivity index (χ3n) is 6.07. The average molecular weight is 491 g/mol. The Bertz CT molecular complexity index is 1510. The number of rotatable bonds is 5. The first-order chi connectivity index (χ1) is 16.8. The predicted molar refractivity (Wildman–Crippen MR) is 134 cm³/mol. The van der Waals surface area contributed by atoms with E-state index in [1.807, 2.05) is 31.3 Å².